The van der Waals surface area contributed by atoms with Gasteiger partial charge in [-0.05, 0) is 35.7 Å². The fourth-order valence-corrected chi connectivity index (χ4v) is 3.80. The third-order valence-corrected chi connectivity index (χ3v) is 5.57. The van der Waals surface area contributed by atoms with Gasteiger partial charge in [0.2, 0.25) is 0 Å². The highest BCUT2D eigenvalue weighted by atomic mass is 16.5. The molecule has 1 unspecified atom stereocenters. The van der Waals surface area contributed by atoms with Crippen LogP contribution in [-0.4, -0.2) is 31.1 Å². The summed E-state index contributed by atoms with van der Waals surface area (Å²) < 4.78 is 16.0. The maximum absolute atomic E-state index is 12.8. The molecule has 1 heterocycles. The Morgan fingerprint density at radius 2 is 1.63 bits per heavy atom. The van der Waals surface area contributed by atoms with Crippen molar-refractivity contribution in [1.29, 1.82) is 0 Å². The summed E-state index contributed by atoms with van der Waals surface area (Å²) in [6, 6.07) is 24.5. The van der Waals surface area contributed by atoms with E-state index < -0.39 is 29.6 Å². The molecule has 0 aliphatic carbocycles. The fourth-order valence-electron chi connectivity index (χ4n) is 3.80. The van der Waals surface area contributed by atoms with Crippen LogP contribution in [0.4, 0.5) is 0 Å². The average Bonchev–Trinajstić information content (AvgIpc) is 2.88. The molecular weight excluding hydrogens is 446 g/mol. The molecule has 0 aliphatic heterocycles. The van der Waals surface area contributed by atoms with Gasteiger partial charge in [-0.3, -0.25) is 4.79 Å². The zero-order chi connectivity index (χ0) is 24.8. The normalized spacial score (nSPS) is 12.5. The summed E-state index contributed by atoms with van der Waals surface area (Å²) in [4.78, 5) is 37.2. The zero-order valence-electron chi connectivity index (χ0n) is 19.4. The maximum Gasteiger partial charge on any atom is 0.336 e. The van der Waals surface area contributed by atoms with E-state index >= 15 is 0 Å². The minimum absolute atomic E-state index is 0.287. The molecule has 0 aliphatic rings. The van der Waals surface area contributed by atoms with E-state index in [2.05, 4.69) is 5.32 Å². The Kier molecular flexibility index (Phi) is 7.26. The second-order valence-corrected chi connectivity index (χ2v) is 8.04. The number of esters is 1. The van der Waals surface area contributed by atoms with Crippen LogP contribution in [0.5, 0.6) is 5.75 Å². The molecule has 35 heavy (non-hydrogen) atoms. The Hall–Kier alpha value is -4.39. The van der Waals surface area contributed by atoms with Gasteiger partial charge < -0.3 is 19.2 Å². The lowest BCUT2D eigenvalue weighted by atomic mass is 10.0. The molecule has 1 N–H and O–H groups in total. The summed E-state index contributed by atoms with van der Waals surface area (Å²) in [5, 5.41) is 3.45. The second-order valence-electron chi connectivity index (χ2n) is 8.04. The molecule has 1 aromatic heterocycles. The molecule has 4 rings (SSSR count). The first-order valence-corrected chi connectivity index (χ1v) is 11.2. The summed E-state index contributed by atoms with van der Waals surface area (Å²) in [5.41, 5.74) is 2.38. The van der Waals surface area contributed by atoms with Gasteiger partial charge >= 0.3 is 11.6 Å². The number of ether oxygens (including phenoxy) is 2. The van der Waals surface area contributed by atoms with Gasteiger partial charge in [-0.1, -0.05) is 60.7 Å². The van der Waals surface area contributed by atoms with Crippen LogP contribution in [0.2, 0.25) is 0 Å². The molecule has 2 atom stereocenters. The van der Waals surface area contributed by atoms with Crippen molar-refractivity contribution in [1.82, 2.24) is 5.32 Å². The Bertz CT molecular complexity index is 1380. The van der Waals surface area contributed by atoms with Crippen LogP contribution in [0.3, 0.4) is 0 Å². The molecule has 4 aromatic rings. The van der Waals surface area contributed by atoms with Crippen LogP contribution in [0.15, 0.2) is 94.1 Å². The fraction of sp³-hybridized carbons (Fsp3) is 0.179. The van der Waals surface area contributed by atoms with Gasteiger partial charge in [-0.15, -0.1) is 0 Å². The van der Waals surface area contributed by atoms with Crippen LogP contribution in [0.25, 0.3) is 22.1 Å². The number of fused-ring (bicyclic) bond motifs is 1. The largest absolute Gasteiger partial charge is 0.481 e. The van der Waals surface area contributed by atoms with E-state index in [0.29, 0.717) is 11.3 Å². The monoisotopic (exact) mass is 471 g/mol. The Labute approximate surface area is 202 Å². The van der Waals surface area contributed by atoms with E-state index in [1.54, 1.807) is 25.1 Å². The Morgan fingerprint density at radius 1 is 0.943 bits per heavy atom. The molecule has 0 fully saturated rings. The number of hydrogen-bond donors (Lipinski definition) is 1. The second kappa shape index (κ2) is 10.7. The predicted molar refractivity (Wildman–Crippen MR) is 132 cm³/mol. The lowest BCUT2D eigenvalue weighted by Crippen LogP contribution is -2.47. The summed E-state index contributed by atoms with van der Waals surface area (Å²) in [6.07, 6.45) is -0.630. The highest BCUT2D eigenvalue weighted by Crippen LogP contribution is 2.29. The number of methoxy groups -OCH3 is 1. The molecular formula is C28H25NO6. The number of rotatable bonds is 8. The van der Waals surface area contributed by atoms with Gasteiger partial charge in [0.05, 0.1) is 7.11 Å². The number of carbonyl (C=O) groups is 2. The Morgan fingerprint density at radius 3 is 2.31 bits per heavy atom. The molecule has 1 amide bonds. The zero-order valence-corrected chi connectivity index (χ0v) is 19.4. The van der Waals surface area contributed by atoms with Crippen molar-refractivity contribution in [3.8, 4) is 16.9 Å². The maximum atomic E-state index is 12.8. The molecule has 0 saturated heterocycles. The molecule has 0 radical (unpaired) electrons. The first-order chi connectivity index (χ1) is 16.9. The number of nitrogens with one attached hydrogen (secondary N) is 1. The van der Waals surface area contributed by atoms with Crippen molar-refractivity contribution in [2.75, 3.05) is 7.11 Å². The van der Waals surface area contributed by atoms with Gasteiger partial charge in [0.1, 0.15) is 17.4 Å². The molecule has 7 heteroatoms. The number of amides is 1. The first-order valence-electron chi connectivity index (χ1n) is 11.2. The third kappa shape index (κ3) is 5.76. The predicted octanol–water partition coefficient (Wildman–Crippen LogP) is 4.13. The standard InChI is InChI=1S/C28H25NO6/c1-18(27(31)29-24(28(32)33-2)15-19-9-5-3-6-10-19)34-21-13-14-22-23(20-11-7-4-8-12-20)17-26(30)35-25(22)16-21/h3-14,16-18,24H,15H2,1-2H3,(H,29,31)/t18?,24-/m0/s1. The molecule has 7 nitrogen and oxygen atoms in total. The van der Waals surface area contributed by atoms with Crippen LogP contribution in [0, 0.1) is 0 Å². The number of carbonyl (C=O) groups excluding carboxylic acids is 2. The summed E-state index contributed by atoms with van der Waals surface area (Å²) in [6.45, 7) is 1.58. The SMILES string of the molecule is COC(=O)[C@H](Cc1ccccc1)NC(=O)C(C)Oc1ccc2c(-c3ccccc3)cc(=O)oc2c1. The van der Waals surface area contributed by atoms with Gasteiger partial charge in [0, 0.05) is 23.9 Å². The van der Waals surface area contributed by atoms with Crippen molar-refractivity contribution in [3.63, 3.8) is 0 Å². The average molecular weight is 472 g/mol. The first kappa shape index (κ1) is 23.8. The minimum Gasteiger partial charge on any atom is -0.481 e. The summed E-state index contributed by atoms with van der Waals surface area (Å²) in [5.74, 6) is -0.669. The number of benzene rings is 3. The van der Waals surface area contributed by atoms with Crippen molar-refractivity contribution in [3.05, 3.63) is 101 Å². The third-order valence-electron chi connectivity index (χ3n) is 5.57. The van der Waals surface area contributed by atoms with Crippen molar-refractivity contribution in [2.24, 2.45) is 0 Å². The van der Waals surface area contributed by atoms with Crippen molar-refractivity contribution < 1.29 is 23.5 Å². The highest BCUT2D eigenvalue weighted by Gasteiger charge is 2.25. The van der Waals surface area contributed by atoms with E-state index in [-0.39, 0.29) is 6.42 Å². The van der Waals surface area contributed by atoms with Crippen LogP contribution in [-0.2, 0) is 20.7 Å². The van der Waals surface area contributed by atoms with Gasteiger partial charge in [-0.2, -0.15) is 0 Å². The van der Waals surface area contributed by atoms with Crippen LogP contribution >= 0.6 is 0 Å². The van der Waals surface area contributed by atoms with Gasteiger partial charge in [0.15, 0.2) is 6.10 Å². The van der Waals surface area contributed by atoms with Gasteiger partial charge in [-0.25, -0.2) is 9.59 Å². The minimum atomic E-state index is -0.917. The topological polar surface area (TPSA) is 94.8 Å². The van der Waals surface area contributed by atoms with Crippen LogP contribution in [0.1, 0.15) is 12.5 Å². The van der Waals surface area contributed by atoms with Crippen molar-refractivity contribution in [2.45, 2.75) is 25.5 Å². The van der Waals surface area contributed by atoms with Crippen molar-refractivity contribution >= 4 is 22.8 Å². The molecule has 0 spiro atoms. The molecule has 178 valence electrons. The molecule has 0 bridgehead atoms. The summed E-state index contributed by atoms with van der Waals surface area (Å²) in [7, 11) is 1.28. The van der Waals surface area contributed by atoms with E-state index in [1.165, 1.54) is 13.2 Å². The number of hydrogen-bond acceptors (Lipinski definition) is 6. The summed E-state index contributed by atoms with van der Waals surface area (Å²) >= 11 is 0. The quantitative estimate of drug-likeness (QED) is 0.307. The smallest absolute Gasteiger partial charge is 0.336 e. The molecule has 3 aromatic carbocycles. The molecule has 0 saturated carbocycles. The van der Waals surface area contributed by atoms with Gasteiger partial charge in [0.25, 0.3) is 5.91 Å². The highest BCUT2D eigenvalue weighted by molar-refractivity contribution is 5.94. The van der Waals surface area contributed by atoms with E-state index in [9.17, 15) is 14.4 Å². The lowest BCUT2D eigenvalue weighted by Gasteiger charge is -2.20. The van der Waals surface area contributed by atoms with Crippen LogP contribution < -0.4 is 15.7 Å². The lowest BCUT2D eigenvalue weighted by molar-refractivity contribution is -0.145. The van der Waals surface area contributed by atoms with E-state index in [4.69, 9.17) is 13.9 Å². The Balaban J connectivity index is 1.51. The van der Waals surface area contributed by atoms with E-state index in [1.807, 2.05) is 60.7 Å². The van der Waals surface area contributed by atoms with E-state index in [0.717, 1.165) is 22.1 Å².